The smallest absolute Gasteiger partial charge is 0.321 e. The Labute approximate surface area is 159 Å². The number of nitrogens with zero attached hydrogens (tertiary/aromatic N) is 1. The van der Waals surface area contributed by atoms with Gasteiger partial charge >= 0.3 is 6.03 Å². The molecule has 1 aliphatic rings. The molecular weight excluding hydrogens is 342 g/mol. The van der Waals surface area contributed by atoms with Crippen molar-refractivity contribution < 1.29 is 14.3 Å². The van der Waals surface area contributed by atoms with Crippen LogP contribution in [0.15, 0.2) is 54.6 Å². The van der Waals surface area contributed by atoms with Crippen LogP contribution in [0.5, 0.6) is 5.75 Å². The topological polar surface area (TPSA) is 70.7 Å². The zero-order chi connectivity index (χ0) is 19.1. The van der Waals surface area contributed by atoms with E-state index >= 15 is 0 Å². The number of carbonyl (C=O) groups is 2. The number of hydrogen-bond acceptors (Lipinski definition) is 3. The van der Waals surface area contributed by atoms with Gasteiger partial charge in [-0.2, -0.15) is 0 Å². The van der Waals surface area contributed by atoms with Gasteiger partial charge in [0.15, 0.2) is 6.10 Å². The average molecular weight is 367 g/mol. The zero-order valence-electron chi connectivity index (χ0n) is 15.5. The molecule has 27 heavy (non-hydrogen) atoms. The quantitative estimate of drug-likeness (QED) is 0.822. The lowest BCUT2D eigenvalue weighted by Gasteiger charge is -2.17. The van der Waals surface area contributed by atoms with E-state index < -0.39 is 6.10 Å². The van der Waals surface area contributed by atoms with Gasteiger partial charge in [0, 0.05) is 25.3 Å². The van der Waals surface area contributed by atoms with Crippen molar-refractivity contribution in [2.45, 2.75) is 32.4 Å². The summed E-state index contributed by atoms with van der Waals surface area (Å²) in [6.07, 6.45) is 1.52. The largest absolute Gasteiger partial charge is 0.481 e. The van der Waals surface area contributed by atoms with E-state index in [-0.39, 0.29) is 11.9 Å². The summed E-state index contributed by atoms with van der Waals surface area (Å²) >= 11 is 0. The van der Waals surface area contributed by atoms with E-state index in [1.807, 2.05) is 59.5 Å². The van der Waals surface area contributed by atoms with Crippen molar-refractivity contribution in [3.63, 3.8) is 0 Å². The highest BCUT2D eigenvalue weighted by molar-refractivity contribution is 5.89. The second kappa shape index (κ2) is 9.07. The molecule has 0 saturated carbocycles. The minimum atomic E-state index is -0.592. The highest BCUT2D eigenvalue weighted by Gasteiger charge is 2.18. The summed E-state index contributed by atoms with van der Waals surface area (Å²) < 4.78 is 5.62. The van der Waals surface area contributed by atoms with Gasteiger partial charge in [0.1, 0.15) is 5.75 Å². The van der Waals surface area contributed by atoms with Gasteiger partial charge in [-0.1, -0.05) is 30.3 Å². The minimum Gasteiger partial charge on any atom is -0.481 e. The van der Waals surface area contributed by atoms with Crippen LogP contribution in [-0.2, 0) is 11.3 Å². The molecule has 6 nitrogen and oxygen atoms in total. The molecule has 1 fully saturated rings. The first kappa shape index (κ1) is 18.8. The van der Waals surface area contributed by atoms with Crippen molar-refractivity contribution in [3.8, 4) is 5.75 Å². The molecule has 0 spiro atoms. The van der Waals surface area contributed by atoms with E-state index in [1.165, 1.54) is 0 Å². The van der Waals surface area contributed by atoms with E-state index in [9.17, 15) is 9.59 Å². The fourth-order valence-electron chi connectivity index (χ4n) is 2.97. The van der Waals surface area contributed by atoms with E-state index in [0.717, 1.165) is 37.2 Å². The molecule has 6 heteroatoms. The highest BCUT2D eigenvalue weighted by Crippen LogP contribution is 2.15. The Morgan fingerprint density at radius 1 is 1.07 bits per heavy atom. The van der Waals surface area contributed by atoms with Gasteiger partial charge in [-0.05, 0) is 49.6 Å². The van der Waals surface area contributed by atoms with Crippen molar-refractivity contribution in [1.82, 2.24) is 10.2 Å². The number of amides is 3. The minimum absolute atomic E-state index is 0.0708. The summed E-state index contributed by atoms with van der Waals surface area (Å²) in [6, 6.07) is 16.7. The molecule has 0 bridgehead atoms. The first-order valence-electron chi connectivity index (χ1n) is 9.26. The standard InChI is InChI=1S/C21H25N3O3/c1-16(27-19-10-3-2-4-11-19)20(25)22-15-17-8-7-9-18(14-17)23-21(26)24-12-5-6-13-24/h2-4,7-11,14,16H,5-6,12-13,15H2,1H3,(H,22,25)(H,23,26). The zero-order valence-corrected chi connectivity index (χ0v) is 15.5. The van der Waals surface area contributed by atoms with Gasteiger partial charge < -0.3 is 20.3 Å². The van der Waals surface area contributed by atoms with Crippen LogP contribution in [0.1, 0.15) is 25.3 Å². The molecule has 2 aromatic carbocycles. The molecular formula is C21H25N3O3. The van der Waals surface area contributed by atoms with Crippen molar-refractivity contribution in [1.29, 1.82) is 0 Å². The molecule has 3 amide bonds. The maximum absolute atomic E-state index is 12.2. The van der Waals surface area contributed by atoms with Gasteiger partial charge in [-0.25, -0.2) is 4.79 Å². The maximum atomic E-state index is 12.2. The number of hydrogen-bond donors (Lipinski definition) is 2. The Kier molecular flexibility index (Phi) is 6.30. The van der Waals surface area contributed by atoms with E-state index in [0.29, 0.717) is 12.3 Å². The van der Waals surface area contributed by atoms with Gasteiger partial charge in [-0.15, -0.1) is 0 Å². The number of carbonyl (C=O) groups excluding carboxylic acids is 2. The lowest BCUT2D eigenvalue weighted by molar-refractivity contribution is -0.127. The molecule has 3 rings (SSSR count). The molecule has 2 aromatic rings. The normalized spacial score (nSPS) is 14.5. The van der Waals surface area contributed by atoms with E-state index in [2.05, 4.69) is 10.6 Å². The summed E-state index contributed by atoms with van der Waals surface area (Å²) in [5.41, 5.74) is 1.64. The number of benzene rings is 2. The molecule has 0 aliphatic carbocycles. The monoisotopic (exact) mass is 367 g/mol. The van der Waals surface area contributed by atoms with Crippen LogP contribution in [0.3, 0.4) is 0 Å². The highest BCUT2D eigenvalue weighted by atomic mass is 16.5. The van der Waals surface area contributed by atoms with Gasteiger partial charge in [0.2, 0.25) is 0 Å². The second-order valence-electron chi connectivity index (χ2n) is 6.62. The molecule has 0 aromatic heterocycles. The van der Waals surface area contributed by atoms with Crippen LogP contribution in [0.25, 0.3) is 0 Å². The molecule has 1 saturated heterocycles. The van der Waals surface area contributed by atoms with E-state index in [1.54, 1.807) is 6.92 Å². The Morgan fingerprint density at radius 3 is 2.56 bits per heavy atom. The van der Waals surface area contributed by atoms with Crippen LogP contribution >= 0.6 is 0 Å². The molecule has 2 N–H and O–H groups in total. The van der Waals surface area contributed by atoms with Crippen LogP contribution in [0.2, 0.25) is 0 Å². The van der Waals surface area contributed by atoms with Gasteiger partial charge in [-0.3, -0.25) is 4.79 Å². The third kappa shape index (κ3) is 5.48. The lowest BCUT2D eigenvalue weighted by atomic mass is 10.2. The lowest BCUT2D eigenvalue weighted by Crippen LogP contribution is -2.36. The Balaban J connectivity index is 1.50. The van der Waals surface area contributed by atoms with Gasteiger partial charge in [0.05, 0.1) is 0 Å². The average Bonchev–Trinajstić information content (AvgIpc) is 3.22. The predicted octanol–water partition coefficient (Wildman–Crippen LogP) is 3.40. The second-order valence-corrected chi connectivity index (χ2v) is 6.62. The summed E-state index contributed by atoms with van der Waals surface area (Å²) in [4.78, 5) is 26.2. The number of rotatable bonds is 6. The number of para-hydroxylation sites is 1. The first-order valence-corrected chi connectivity index (χ1v) is 9.26. The molecule has 0 radical (unpaired) electrons. The van der Waals surface area contributed by atoms with Crippen molar-refractivity contribution >= 4 is 17.6 Å². The molecule has 1 atom stereocenters. The number of urea groups is 1. The molecule has 1 unspecified atom stereocenters. The van der Waals surface area contributed by atoms with Crippen molar-refractivity contribution in [2.75, 3.05) is 18.4 Å². The maximum Gasteiger partial charge on any atom is 0.321 e. The van der Waals surface area contributed by atoms with Crippen molar-refractivity contribution in [2.24, 2.45) is 0 Å². The molecule has 1 aliphatic heterocycles. The third-order valence-electron chi connectivity index (χ3n) is 4.46. The number of likely N-dealkylation sites (tertiary alicyclic amines) is 1. The molecule has 1 heterocycles. The summed E-state index contributed by atoms with van der Waals surface area (Å²) in [7, 11) is 0. The van der Waals surface area contributed by atoms with E-state index in [4.69, 9.17) is 4.74 Å². The van der Waals surface area contributed by atoms with Gasteiger partial charge in [0.25, 0.3) is 5.91 Å². The third-order valence-corrected chi connectivity index (χ3v) is 4.46. The number of anilines is 1. The summed E-state index contributed by atoms with van der Waals surface area (Å²) in [6.45, 7) is 3.70. The SMILES string of the molecule is CC(Oc1ccccc1)C(=O)NCc1cccc(NC(=O)N2CCCC2)c1. The fourth-order valence-corrected chi connectivity index (χ4v) is 2.97. The first-order chi connectivity index (χ1) is 13.1. The van der Waals surface area contributed by atoms with Crippen molar-refractivity contribution in [3.05, 3.63) is 60.2 Å². The summed E-state index contributed by atoms with van der Waals surface area (Å²) in [5, 5.41) is 5.78. The molecule has 142 valence electrons. The number of nitrogens with one attached hydrogen (secondary N) is 2. The van der Waals surface area contributed by atoms with Crippen LogP contribution in [-0.4, -0.2) is 36.0 Å². The predicted molar refractivity (Wildman–Crippen MR) is 105 cm³/mol. The van der Waals surface area contributed by atoms with Crippen LogP contribution in [0.4, 0.5) is 10.5 Å². The fraction of sp³-hybridized carbons (Fsp3) is 0.333. The Bertz CT molecular complexity index is 773. The van der Waals surface area contributed by atoms with Crippen LogP contribution in [0, 0.1) is 0 Å². The summed E-state index contributed by atoms with van der Waals surface area (Å²) in [5.74, 6) is 0.470. The Morgan fingerprint density at radius 2 is 1.81 bits per heavy atom. The van der Waals surface area contributed by atoms with Crippen LogP contribution < -0.4 is 15.4 Å². The Hall–Kier alpha value is -3.02. The number of ether oxygens (including phenoxy) is 1.